The van der Waals surface area contributed by atoms with E-state index in [2.05, 4.69) is 0 Å². The maximum absolute atomic E-state index is 11.8. The Hall–Kier alpha value is -1.51. The molecule has 1 aromatic carbocycles. The third-order valence-electron chi connectivity index (χ3n) is 2.36. The molecule has 15 heavy (non-hydrogen) atoms. The third kappa shape index (κ3) is 2.72. The van der Waals surface area contributed by atoms with Crippen molar-refractivity contribution < 1.29 is 9.90 Å². The fourth-order valence-corrected chi connectivity index (χ4v) is 1.40. The van der Waals surface area contributed by atoms with E-state index in [1.807, 2.05) is 6.92 Å². The van der Waals surface area contributed by atoms with Crippen molar-refractivity contribution in [1.29, 1.82) is 0 Å². The van der Waals surface area contributed by atoms with Crippen molar-refractivity contribution in [3.63, 3.8) is 0 Å². The van der Waals surface area contributed by atoms with Crippen molar-refractivity contribution in [2.24, 2.45) is 0 Å². The molecule has 1 amide bonds. The van der Waals surface area contributed by atoms with Crippen LogP contribution in [-0.4, -0.2) is 29.5 Å². The molecule has 0 aliphatic carbocycles. The molecule has 0 saturated carbocycles. The van der Waals surface area contributed by atoms with Crippen molar-refractivity contribution in [1.82, 2.24) is 4.90 Å². The number of amides is 1. The van der Waals surface area contributed by atoms with Gasteiger partial charge in [-0.15, -0.1) is 0 Å². The Labute approximate surface area is 90.3 Å². The molecule has 0 aliphatic rings. The van der Waals surface area contributed by atoms with Crippen molar-refractivity contribution >= 4 is 5.91 Å². The lowest BCUT2D eigenvalue weighted by Crippen LogP contribution is -2.27. The van der Waals surface area contributed by atoms with E-state index in [9.17, 15) is 9.90 Å². The summed E-state index contributed by atoms with van der Waals surface area (Å²) in [7, 11) is 1.77. The molecule has 3 nitrogen and oxygen atoms in total. The van der Waals surface area contributed by atoms with Gasteiger partial charge in [-0.25, -0.2) is 0 Å². The molecule has 0 atom stereocenters. The number of rotatable bonds is 3. The fraction of sp³-hybridized carbons (Fsp3) is 0.417. The highest BCUT2D eigenvalue weighted by atomic mass is 16.3. The summed E-state index contributed by atoms with van der Waals surface area (Å²) >= 11 is 0. The van der Waals surface area contributed by atoms with E-state index in [0.717, 1.165) is 18.5 Å². The molecule has 0 fully saturated rings. The molecule has 82 valence electrons. The Morgan fingerprint density at radius 1 is 1.47 bits per heavy atom. The highest BCUT2D eigenvalue weighted by Crippen LogP contribution is 2.18. The zero-order valence-electron chi connectivity index (χ0n) is 9.45. The Morgan fingerprint density at radius 2 is 2.13 bits per heavy atom. The quantitative estimate of drug-likeness (QED) is 0.825. The molecule has 3 heteroatoms. The van der Waals surface area contributed by atoms with Crippen LogP contribution in [0.25, 0.3) is 0 Å². The van der Waals surface area contributed by atoms with E-state index in [-0.39, 0.29) is 11.7 Å². The number of nitrogens with zero attached hydrogens (tertiary/aromatic N) is 1. The summed E-state index contributed by atoms with van der Waals surface area (Å²) in [5, 5.41) is 9.49. The lowest BCUT2D eigenvalue weighted by atomic mass is 10.1. The van der Waals surface area contributed by atoms with Gasteiger partial charge in [0.2, 0.25) is 0 Å². The van der Waals surface area contributed by atoms with Gasteiger partial charge in [0.25, 0.3) is 5.91 Å². The van der Waals surface area contributed by atoms with Crippen molar-refractivity contribution in [2.45, 2.75) is 20.3 Å². The molecule has 0 aliphatic heterocycles. The van der Waals surface area contributed by atoms with Crippen LogP contribution in [0.2, 0.25) is 0 Å². The number of aryl methyl sites for hydroxylation is 1. The first-order valence-corrected chi connectivity index (χ1v) is 5.11. The van der Waals surface area contributed by atoms with Crippen LogP contribution in [0.15, 0.2) is 18.2 Å². The van der Waals surface area contributed by atoms with Gasteiger partial charge in [0.15, 0.2) is 0 Å². The van der Waals surface area contributed by atoms with Gasteiger partial charge in [-0.2, -0.15) is 0 Å². The van der Waals surface area contributed by atoms with Crippen LogP contribution in [0.4, 0.5) is 0 Å². The van der Waals surface area contributed by atoms with Crippen LogP contribution < -0.4 is 0 Å². The summed E-state index contributed by atoms with van der Waals surface area (Å²) in [6.07, 6.45) is 0.931. The molecule has 0 unspecified atom stereocenters. The van der Waals surface area contributed by atoms with Crippen LogP contribution in [0.3, 0.4) is 0 Å². The lowest BCUT2D eigenvalue weighted by molar-refractivity contribution is 0.0794. The molecular formula is C12H17NO2. The van der Waals surface area contributed by atoms with Gasteiger partial charge in [0.1, 0.15) is 5.75 Å². The number of hydrogen-bond donors (Lipinski definition) is 1. The number of hydrogen-bond acceptors (Lipinski definition) is 2. The van der Waals surface area contributed by atoms with E-state index >= 15 is 0 Å². The first-order valence-electron chi connectivity index (χ1n) is 5.11. The maximum atomic E-state index is 11.8. The second-order valence-corrected chi connectivity index (χ2v) is 3.73. The zero-order chi connectivity index (χ0) is 11.4. The van der Waals surface area contributed by atoms with Gasteiger partial charge in [-0.05, 0) is 31.0 Å². The first kappa shape index (κ1) is 11.6. The molecule has 1 N–H and O–H groups in total. The van der Waals surface area contributed by atoms with Gasteiger partial charge < -0.3 is 10.0 Å². The van der Waals surface area contributed by atoms with Gasteiger partial charge in [0.05, 0.1) is 0 Å². The van der Waals surface area contributed by atoms with Crippen LogP contribution in [0, 0.1) is 6.92 Å². The smallest absolute Gasteiger partial charge is 0.253 e. The van der Waals surface area contributed by atoms with Gasteiger partial charge in [0, 0.05) is 19.2 Å². The van der Waals surface area contributed by atoms with E-state index in [1.54, 1.807) is 31.0 Å². The van der Waals surface area contributed by atoms with Crippen LogP contribution >= 0.6 is 0 Å². The molecule has 1 aromatic rings. The number of phenolic OH excluding ortho intramolecular Hbond substituents is 1. The Balaban J connectivity index is 2.87. The summed E-state index contributed by atoms with van der Waals surface area (Å²) in [6.45, 7) is 4.56. The SMILES string of the molecule is CCCN(C)C(=O)c1ccc(C)c(O)c1. The fourth-order valence-electron chi connectivity index (χ4n) is 1.40. The highest BCUT2D eigenvalue weighted by molar-refractivity contribution is 5.94. The highest BCUT2D eigenvalue weighted by Gasteiger charge is 2.11. The minimum Gasteiger partial charge on any atom is -0.508 e. The summed E-state index contributed by atoms with van der Waals surface area (Å²) < 4.78 is 0. The predicted octanol–water partition coefficient (Wildman–Crippen LogP) is 2.18. The summed E-state index contributed by atoms with van der Waals surface area (Å²) in [6, 6.07) is 5.01. The average Bonchev–Trinajstić information content (AvgIpc) is 2.21. The van der Waals surface area contributed by atoms with Crippen molar-refractivity contribution in [3.8, 4) is 5.75 Å². The monoisotopic (exact) mass is 207 g/mol. The van der Waals surface area contributed by atoms with Crippen molar-refractivity contribution in [2.75, 3.05) is 13.6 Å². The van der Waals surface area contributed by atoms with Gasteiger partial charge in [-0.1, -0.05) is 13.0 Å². The molecule has 1 rings (SSSR count). The Bertz CT molecular complexity index is 361. The summed E-state index contributed by atoms with van der Waals surface area (Å²) in [5.41, 5.74) is 1.32. The van der Waals surface area contributed by atoms with Gasteiger partial charge >= 0.3 is 0 Å². The second-order valence-electron chi connectivity index (χ2n) is 3.73. The molecule has 0 heterocycles. The van der Waals surface area contributed by atoms with Crippen LogP contribution in [-0.2, 0) is 0 Å². The normalized spacial score (nSPS) is 10.1. The number of carbonyl (C=O) groups is 1. The third-order valence-corrected chi connectivity index (χ3v) is 2.36. The largest absolute Gasteiger partial charge is 0.508 e. The van der Waals surface area contributed by atoms with Gasteiger partial charge in [-0.3, -0.25) is 4.79 Å². The van der Waals surface area contributed by atoms with E-state index in [1.165, 1.54) is 6.07 Å². The number of phenols is 1. The Morgan fingerprint density at radius 3 is 2.67 bits per heavy atom. The van der Waals surface area contributed by atoms with Crippen LogP contribution in [0.1, 0.15) is 29.3 Å². The molecule has 0 radical (unpaired) electrons. The standard InChI is InChI=1S/C12H17NO2/c1-4-7-13(3)12(15)10-6-5-9(2)11(14)8-10/h5-6,8,14H,4,7H2,1-3H3. The van der Waals surface area contributed by atoms with E-state index in [0.29, 0.717) is 5.56 Å². The minimum atomic E-state index is -0.0489. The molecule has 0 bridgehead atoms. The van der Waals surface area contributed by atoms with Crippen LogP contribution in [0.5, 0.6) is 5.75 Å². The topological polar surface area (TPSA) is 40.5 Å². The Kier molecular flexibility index (Phi) is 3.72. The average molecular weight is 207 g/mol. The summed E-state index contributed by atoms with van der Waals surface area (Å²) in [5.74, 6) is 0.123. The van der Waals surface area contributed by atoms with E-state index < -0.39 is 0 Å². The number of aromatic hydroxyl groups is 1. The molecule has 0 saturated heterocycles. The molecule has 0 aromatic heterocycles. The number of benzene rings is 1. The maximum Gasteiger partial charge on any atom is 0.253 e. The second kappa shape index (κ2) is 4.82. The molecule has 0 spiro atoms. The summed E-state index contributed by atoms with van der Waals surface area (Å²) in [4.78, 5) is 13.5. The predicted molar refractivity (Wildman–Crippen MR) is 60.1 cm³/mol. The lowest BCUT2D eigenvalue weighted by Gasteiger charge is -2.16. The first-order chi connectivity index (χ1) is 7.06. The molecular weight excluding hydrogens is 190 g/mol. The van der Waals surface area contributed by atoms with Crippen molar-refractivity contribution in [3.05, 3.63) is 29.3 Å². The minimum absolute atomic E-state index is 0.0489. The number of carbonyl (C=O) groups excluding carboxylic acids is 1. The van der Waals surface area contributed by atoms with E-state index in [4.69, 9.17) is 0 Å². The zero-order valence-corrected chi connectivity index (χ0v) is 9.45.